The highest BCUT2D eigenvalue weighted by Gasteiger charge is 2.30. The Balaban J connectivity index is 1.45. The number of carbonyl (C=O) groups excluding carboxylic acids is 1. The van der Waals surface area contributed by atoms with Crippen LogP contribution in [0.2, 0.25) is 0 Å². The van der Waals surface area contributed by atoms with E-state index in [0.717, 1.165) is 72.2 Å². The van der Waals surface area contributed by atoms with Crippen molar-refractivity contribution in [2.75, 3.05) is 6.35 Å². The molecule has 1 saturated carbocycles. The Morgan fingerprint density at radius 2 is 1.85 bits per heavy atom. The molecule has 0 spiro atoms. The van der Waals surface area contributed by atoms with Crippen LogP contribution in [-0.2, 0) is 6.54 Å². The molecule has 0 bridgehead atoms. The summed E-state index contributed by atoms with van der Waals surface area (Å²) in [5.41, 5.74) is 10.3. The standard InChI is InChI=1S/C30H28F2N3O2PS/c1-17-26-22(31)8-9-23(32)28(26)39-27(17)30-35(21-5-3-2-4-6-21)15-20-13-18(7-10-25(20)37-16-38-30)19-11-12-34-24(14-19)29(33)36/h7-14,21H,2-6,15-16H2,1H3,(H2,33,36). The normalized spacial score (nSPS) is 17.2. The Kier molecular flexibility index (Phi) is 7.19. The molecule has 5 nitrogen and oxygen atoms in total. The second-order valence-electron chi connectivity index (χ2n) is 10.1. The molecule has 1 amide bonds. The Bertz CT molecular complexity index is 1610. The first-order valence-corrected chi connectivity index (χ1v) is 15.0. The average Bonchev–Trinajstić information content (AvgIpc) is 3.29. The minimum Gasteiger partial charge on any atom is -0.485 e. The van der Waals surface area contributed by atoms with E-state index in [0.29, 0.717) is 29.0 Å². The van der Waals surface area contributed by atoms with E-state index in [4.69, 9.17) is 10.5 Å². The summed E-state index contributed by atoms with van der Waals surface area (Å²) >= 11 is 1.33. The van der Waals surface area contributed by atoms with Crippen molar-refractivity contribution in [3.63, 3.8) is 0 Å². The number of hydrogen-bond acceptors (Lipinski definition) is 5. The number of nitrogens with two attached hydrogens (primary N) is 1. The second kappa shape index (κ2) is 10.8. The van der Waals surface area contributed by atoms with Gasteiger partial charge in [-0.05, 0) is 81.1 Å². The van der Waals surface area contributed by atoms with Gasteiger partial charge in [0, 0.05) is 29.7 Å². The molecule has 3 heterocycles. The molecule has 0 saturated heterocycles. The van der Waals surface area contributed by atoms with Gasteiger partial charge in [0.15, 0.2) is 0 Å². The average molecular weight is 564 g/mol. The summed E-state index contributed by atoms with van der Waals surface area (Å²) in [6.45, 7) is 2.51. The second-order valence-corrected chi connectivity index (χ2v) is 12.1. The molecular weight excluding hydrogens is 535 g/mol. The van der Waals surface area contributed by atoms with Crippen molar-refractivity contribution in [1.82, 2.24) is 9.88 Å². The number of pyridine rings is 1. The van der Waals surface area contributed by atoms with Crippen LogP contribution in [-0.4, -0.2) is 33.6 Å². The number of ether oxygens (including phenoxy) is 1. The summed E-state index contributed by atoms with van der Waals surface area (Å²) in [4.78, 5) is 19.2. The van der Waals surface area contributed by atoms with Crippen LogP contribution in [0.3, 0.4) is 0 Å². The van der Waals surface area contributed by atoms with E-state index in [-0.39, 0.29) is 5.69 Å². The summed E-state index contributed by atoms with van der Waals surface area (Å²) in [7, 11) is 0.965. The summed E-state index contributed by atoms with van der Waals surface area (Å²) in [6.07, 6.45) is 7.73. The molecule has 39 heavy (non-hydrogen) atoms. The third-order valence-electron chi connectivity index (χ3n) is 7.65. The predicted octanol–water partition coefficient (Wildman–Crippen LogP) is 7.26. The molecular formula is C30H28F2N3O2PS. The topological polar surface area (TPSA) is 68.5 Å². The first-order valence-electron chi connectivity index (χ1n) is 13.1. The fourth-order valence-electron chi connectivity index (χ4n) is 5.67. The van der Waals surface area contributed by atoms with Crippen molar-refractivity contribution >= 4 is 41.0 Å². The minimum absolute atomic E-state index is 0.216. The smallest absolute Gasteiger partial charge is 0.267 e. The van der Waals surface area contributed by atoms with Crippen LogP contribution < -0.4 is 10.5 Å². The van der Waals surface area contributed by atoms with Gasteiger partial charge >= 0.3 is 0 Å². The monoisotopic (exact) mass is 563 g/mol. The number of hydrogen-bond donors (Lipinski definition) is 1. The largest absolute Gasteiger partial charge is 0.485 e. The number of aryl methyl sites for hydroxylation is 1. The zero-order chi connectivity index (χ0) is 27.1. The maximum absolute atomic E-state index is 14.8. The lowest BCUT2D eigenvalue weighted by atomic mass is 9.93. The van der Waals surface area contributed by atoms with Gasteiger partial charge in [-0.2, -0.15) is 0 Å². The number of fused-ring (bicyclic) bond motifs is 2. The Hall–Kier alpha value is -3.19. The summed E-state index contributed by atoms with van der Waals surface area (Å²) in [5, 5.41) is 0.370. The van der Waals surface area contributed by atoms with E-state index in [1.165, 1.54) is 29.9 Å². The molecule has 9 heteroatoms. The number of aromatic nitrogens is 1. The molecule has 1 aliphatic carbocycles. The summed E-state index contributed by atoms with van der Waals surface area (Å²) in [5.74, 6) is -0.533. The van der Waals surface area contributed by atoms with Crippen LogP contribution in [0.4, 0.5) is 8.78 Å². The van der Waals surface area contributed by atoms with E-state index in [2.05, 4.69) is 16.0 Å². The Morgan fingerprint density at radius 3 is 2.62 bits per heavy atom. The molecule has 2 aromatic carbocycles. The van der Waals surface area contributed by atoms with Gasteiger partial charge in [0.05, 0.1) is 15.0 Å². The van der Waals surface area contributed by atoms with Crippen molar-refractivity contribution in [2.24, 2.45) is 5.73 Å². The first-order chi connectivity index (χ1) is 18.9. The lowest BCUT2D eigenvalue weighted by Gasteiger charge is -2.37. The lowest BCUT2D eigenvalue weighted by molar-refractivity contribution is 0.0995. The van der Waals surface area contributed by atoms with Crippen LogP contribution in [0.1, 0.15) is 58.6 Å². The van der Waals surface area contributed by atoms with Gasteiger partial charge in [0.25, 0.3) is 5.91 Å². The van der Waals surface area contributed by atoms with Crippen molar-refractivity contribution in [3.8, 4) is 16.9 Å². The molecule has 2 aromatic heterocycles. The highest BCUT2D eigenvalue weighted by atomic mass is 32.1. The van der Waals surface area contributed by atoms with Crippen LogP contribution in [0.15, 0.2) is 48.7 Å². The van der Waals surface area contributed by atoms with E-state index in [9.17, 15) is 13.6 Å². The maximum atomic E-state index is 14.8. The number of halogens is 2. The van der Waals surface area contributed by atoms with E-state index in [1.807, 2.05) is 25.1 Å². The molecule has 0 atom stereocenters. The van der Waals surface area contributed by atoms with Crippen LogP contribution in [0.5, 0.6) is 5.75 Å². The molecule has 6 rings (SSSR count). The van der Waals surface area contributed by atoms with Gasteiger partial charge in [-0.3, -0.25) is 14.7 Å². The molecule has 0 unspecified atom stereocenters. The van der Waals surface area contributed by atoms with Crippen molar-refractivity contribution in [1.29, 1.82) is 0 Å². The number of primary amides is 1. The zero-order valence-corrected chi connectivity index (χ0v) is 23.3. The van der Waals surface area contributed by atoms with Gasteiger partial charge in [-0.15, -0.1) is 11.3 Å². The van der Waals surface area contributed by atoms with Crippen LogP contribution in [0.25, 0.3) is 21.2 Å². The van der Waals surface area contributed by atoms with Gasteiger partial charge < -0.3 is 10.5 Å². The van der Waals surface area contributed by atoms with Crippen LogP contribution >= 0.6 is 19.5 Å². The van der Waals surface area contributed by atoms with Crippen molar-refractivity contribution < 1.29 is 18.3 Å². The van der Waals surface area contributed by atoms with Gasteiger partial charge in [0.1, 0.15) is 29.4 Å². The van der Waals surface area contributed by atoms with Crippen molar-refractivity contribution in [3.05, 3.63) is 82.0 Å². The zero-order valence-electron chi connectivity index (χ0n) is 21.5. The molecule has 2 N–H and O–H groups in total. The molecule has 2 aliphatic rings. The molecule has 0 radical (unpaired) electrons. The number of amides is 1. The van der Waals surface area contributed by atoms with Gasteiger partial charge in [-0.1, -0.05) is 25.3 Å². The van der Waals surface area contributed by atoms with Gasteiger partial charge in [0.2, 0.25) is 0 Å². The third kappa shape index (κ3) is 4.97. The number of thiophene rings is 1. The fraction of sp³-hybridized carbons (Fsp3) is 0.300. The maximum Gasteiger partial charge on any atom is 0.267 e. The molecule has 1 fully saturated rings. The molecule has 4 aromatic rings. The first kappa shape index (κ1) is 26.1. The minimum atomic E-state index is -0.570. The summed E-state index contributed by atoms with van der Waals surface area (Å²) < 4.78 is 36.2. The van der Waals surface area contributed by atoms with Gasteiger partial charge in [-0.25, -0.2) is 8.78 Å². The SMILES string of the molecule is Cc1c(C2=PCOc3ccc(-c4ccnc(C(N)=O)c4)cc3CN2C2CCCCC2)sc2c(F)ccc(F)c12. The van der Waals surface area contributed by atoms with Crippen molar-refractivity contribution in [2.45, 2.75) is 51.6 Å². The highest BCUT2D eigenvalue weighted by molar-refractivity contribution is 7.43. The molecule has 200 valence electrons. The predicted molar refractivity (Wildman–Crippen MR) is 154 cm³/mol. The van der Waals surface area contributed by atoms with E-state index >= 15 is 0 Å². The number of nitrogens with zero attached hydrogens (tertiary/aromatic N) is 2. The number of benzene rings is 2. The van der Waals surface area contributed by atoms with Crippen LogP contribution in [0, 0.1) is 18.6 Å². The lowest BCUT2D eigenvalue weighted by Crippen LogP contribution is -2.41. The highest BCUT2D eigenvalue weighted by Crippen LogP contribution is 2.40. The summed E-state index contributed by atoms with van der Waals surface area (Å²) in [6, 6.07) is 12.4. The Morgan fingerprint density at radius 1 is 1.08 bits per heavy atom. The van der Waals surface area contributed by atoms with E-state index in [1.54, 1.807) is 12.3 Å². The molecule has 1 aliphatic heterocycles. The Labute approximate surface area is 231 Å². The number of carbonyl (C=O) groups is 1. The fourth-order valence-corrected chi connectivity index (χ4v) is 8.23. The quantitative estimate of drug-likeness (QED) is 0.266. The third-order valence-corrected chi connectivity index (χ3v) is 10.1. The van der Waals surface area contributed by atoms with E-state index < -0.39 is 17.5 Å². The number of rotatable bonds is 4.